The predicted molar refractivity (Wildman–Crippen MR) is 93.3 cm³/mol. The minimum Gasteiger partial charge on any atom is -0.363 e. The number of aromatic nitrogens is 2. The number of hydrogen-bond acceptors (Lipinski definition) is 4. The summed E-state index contributed by atoms with van der Waals surface area (Å²) in [4.78, 5) is 24.2. The van der Waals surface area contributed by atoms with E-state index in [1.807, 2.05) is 26.0 Å². The maximum absolute atomic E-state index is 12.0. The minimum atomic E-state index is 0.137. The molecule has 0 saturated carbocycles. The van der Waals surface area contributed by atoms with Crippen molar-refractivity contribution >= 4 is 17.4 Å². The van der Waals surface area contributed by atoms with Crippen LogP contribution in [0.1, 0.15) is 16.8 Å². The quantitative estimate of drug-likeness (QED) is 0.937. The molecule has 1 aliphatic rings. The summed E-state index contributed by atoms with van der Waals surface area (Å²) in [6.45, 7) is 8.10. The molecular weight excluding hydrogens is 312 g/mol. The van der Waals surface area contributed by atoms with Crippen molar-refractivity contribution in [1.82, 2.24) is 14.9 Å². The van der Waals surface area contributed by atoms with Gasteiger partial charge in [0.05, 0.1) is 5.02 Å². The molecule has 23 heavy (non-hydrogen) atoms. The molecule has 0 aromatic carbocycles. The summed E-state index contributed by atoms with van der Waals surface area (Å²) in [7, 11) is 0. The zero-order chi connectivity index (χ0) is 16.4. The molecule has 0 aliphatic carbocycles. The van der Waals surface area contributed by atoms with E-state index in [-0.39, 0.29) is 5.43 Å². The van der Waals surface area contributed by atoms with Crippen molar-refractivity contribution in [3.63, 3.8) is 0 Å². The van der Waals surface area contributed by atoms with Crippen LogP contribution in [-0.2, 0) is 6.54 Å². The summed E-state index contributed by atoms with van der Waals surface area (Å²) < 4.78 is 0. The Balaban J connectivity index is 1.65. The lowest BCUT2D eigenvalue weighted by atomic mass is 10.1. The maximum Gasteiger partial charge on any atom is 0.187 e. The number of halogens is 1. The third kappa shape index (κ3) is 3.41. The molecule has 2 aromatic rings. The Morgan fingerprint density at radius 3 is 2.70 bits per heavy atom. The highest BCUT2D eigenvalue weighted by atomic mass is 35.5. The van der Waals surface area contributed by atoms with E-state index >= 15 is 0 Å². The lowest BCUT2D eigenvalue weighted by molar-refractivity contribution is 0.246. The highest BCUT2D eigenvalue weighted by Crippen LogP contribution is 2.23. The van der Waals surface area contributed by atoms with Gasteiger partial charge in [0.1, 0.15) is 5.82 Å². The van der Waals surface area contributed by atoms with Gasteiger partial charge in [-0.05, 0) is 26.0 Å². The minimum absolute atomic E-state index is 0.137. The Morgan fingerprint density at radius 2 is 2.00 bits per heavy atom. The highest BCUT2D eigenvalue weighted by Gasteiger charge is 2.20. The van der Waals surface area contributed by atoms with E-state index < -0.39 is 0 Å². The molecule has 6 heteroatoms. The number of nitrogens with one attached hydrogen (secondary N) is 1. The zero-order valence-corrected chi connectivity index (χ0v) is 14.2. The molecule has 3 rings (SSSR count). The van der Waals surface area contributed by atoms with Crippen molar-refractivity contribution in [2.45, 2.75) is 20.4 Å². The molecule has 0 atom stereocenters. The molecule has 5 nitrogen and oxygen atoms in total. The van der Waals surface area contributed by atoms with Gasteiger partial charge in [-0.2, -0.15) is 0 Å². The van der Waals surface area contributed by atoms with E-state index in [1.54, 1.807) is 12.4 Å². The Bertz CT molecular complexity index is 750. The summed E-state index contributed by atoms with van der Waals surface area (Å²) in [5, 5.41) is 0.694. The predicted octanol–water partition coefficient (Wildman–Crippen LogP) is 2.36. The summed E-state index contributed by atoms with van der Waals surface area (Å²) in [5.41, 5.74) is 2.73. The van der Waals surface area contributed by atoms with Crippen LogP contribution in [0.25, 0.3) is 0 Å². The molecule has 0 unspecified atom stereocenters. The monoisotopic (exact) mass is 332 g/mol. The van der Waals surface area contributed by atoms with Crippen LogP contribution in [-0.4, -0.2) is 41.0 Å². The molecule has 1 aliphatic heterocycles. The molecule has 3 heterocycles. The zero-order valence-electron chi connectivity index (χ0n) is 13.5. The third-order valence-electron chi connectivity index (χ3n) is 4.41. The first-order chi connectivity index (χ1) is 11.1. The van der Waals surface area contributed by atoms with Gasteiger partial charge in [0.15, 0.2) is 5.43 Å². The lowest BCUT2D eigenvalue weighted by Crippen LogP contribution is -2.46. The summed E-state index contributed by atoms with van der Waals surface area (Å²) in [5.74, 6) is 0.855. The number of aryl methyl sites for hydroxylation is 1. The fourth-order valence-corrected chi connectivity index (χ4v) is 3.16. The van der Waals surface area contributed by atoms with Gasteiger partial charge in [-0.1, -0.05) is 11.6 Å². The highest BCUT2D eigenvalue weighted by molar-refractivity contribution is 6.32. The second-order valence-corrected chi connectivity index (χ2v) is 6.38. The molecule has 0 radical (unpaired) electrons. The van der Waals surface area contributed by atoms with E-state index in [0.29, 0.717) is 5.02 Å². The largest absolute Gasteiger partial charge is 0.363 e. The maximum atomic E-state index is 12.0. The Labute approximate surface area is 140 Å². The van der Waals surface area contributed by atoms with Crippen molar-refractivity contribution in [3.05, 3.63) is 56.6 Å². The van der Waals surface area contributed by atoms with Gasteiger partial charge in [0.2, 0.25) is 0 Å². The van der Waals surface area contributed by atoms with E-state index in [1.165, 1.54) is 0 Å². The second-order valence-electron chi connectivity index (χ2n) is 5.98. The lowest BCUT2D eigenvalue weighted by Gasteiger charge is -2.35. The van der Waals surface area contributed by atoms with Gasteiger partial charge in [0, 0.05) is 61.9 Å². The number of pyridine rings is 2. The first-order valence-corrected chi connectivity index (χ1v) is 8.19. The first kappa shape index (κ1) is 16.0. The normalized spacial score (nSPS) is 15.9. The van der Waals surface area contributed by atoms with Crippen molar-refractivity contribution < 1.29 is 0 Å². The van der Waals surface area contributed by atoms with Crippen molar-refractivity contribution in [2.75, 3.05) is 31.1 Å². The van der Waals surface area contributed by atoms with Crippen molar-refractivity contribution in [1.29, 1.82) is 0 Å². The second kappa shape index (κ2) is 6.72. The van der Waals surface area contributed by atoms with Crippen LogP contribution in [0.5, 0.6) is 0 Å². The third-order valence-corrected chi connectivity index (χ3v) is 4.70. The average Bonchev–Trinajstić information content (AvgIpc) is 2.57. The molecule has 0 bridgehead atoms. The van der Waals surface area contributed by atoms with Crippen LogP contribution >= 0.6 is 11.6 Å². The summed E-state index contributed by atoms with van der Waals surface area (Å²) in [6, 6.07) is 3.72. The number of hydrogen-bond donors (Lipinski definition) is 1. The van der Waals surface area contributed by atoms with E-state index in [0.717, 1.165) is 55.4 Å². The molecule has 0 amide bonds. The fraction of sp³-hybridized carbons (Fsp3) is 0.412. The van der Waals surface area contributed by atoms with Gasteiger partial charge in [-0.3, -0.25) is 9.69 Å². The summed E-state index contributed by atoms with van der Waals surface area (Å²) in [6.07, 6.45) is 3.57. The van der Waals surface area contributed by atoms with Gasteiger partial charge in [-0.25, -0.2) is 4.98 Å². The number of anilines is 1. The number of nitrogens with zero attached hydrogens (tertiary/aromatic N) is 3. The molecule has 1 fully saturated rings. The Kier molecular flexibility index (Phi) is 4.68. The van der Waals surface area contributed by atoms with E-state index in [9.17, 15) is 4.79 Å². The summed E-state index contributed by atoms with van der Waals surface area (Å²) >= 11 is 6.22. The fourth-order valence-electron chi connectivity index (χ4n) is 2.92. The van der Waals surface area contributed by atoms with Crippen molar-refractivity contribution in [2.24, 2.45) is 0 Å². The Hall–Kier alpha value is -1.85. The van der Waals surface area contributed by atoms with Crippen LogP contribution in [0.4, 0.5) is 5.82 Å². The molecular formula is C17H21ClN4O. The standard InChI is InChI=1S/C17H21ClN4O/c1-12-10-20-15(13(2)16(12)23)11-21-6-8-22(9-7-21)17-14(18)4-3-5-19-17/h3-5,10H,6-9,11H2,1-2H3,(H,20,23). The smallest absolute Gasteiger partial charge is 0.187 e. The molecule has 1 saturated heterocycles. The SMILES string of the molecule is Cc1c[nH]c(CN2CCN(c3ncccc3Cl)CC2)c(C)c1=O. The molecule has 122 valence electrons. The number of piperazine rings is 1. The molecule has 1 N–H and O–H groups in total. The average molecular weight is 333 g/mol. The van der Waals surface area contributed by atoms with Crippen LogP contribution in [0.2, 0.25) is 5.02 Å². The van der Waals surface area contributed by atoms with Crippen LogP contribution in [0.15, 0.2) is 29.3 Å². The van der Waals surface area contributed by atoms with Crippen molar-refractivity contribution in [3.8, 4) is 0 Å². The molecule has 2 aromatic heterocycles. The van der Waals surface area contributed by atoms with Crippen LogP contribution < -0.4 is 10.3 Å². The number of aromatic amines is 1. The van der Waals surface area contributed by atoms with Crippen LogP contribution in [0, 0.1) is 13.8 Å². The van der Waals surface area contributed by atoms with Gasteiger partial charge in [0.25, 0.3) is 0 Å². The number of rotatable bonds is 3. The van der Waals surface area contributed by atoms with Gasteiger partial charge >= 0.3 is 0 Å². The Morgan fingerprint density at radius 1 is 1.26 bits per heavy atom. The first-order valence-electron chi connectivity index (χ1n) is 7.82. The number of H-pyrrole nitrogens is 1. The van der Waals surface area contributed by atoms with Gasteiger partial charge in [-0.15, -0.1) is 0 Å². The molecule has 0 spiro atoms. The van der Waals surface area contributed by atoms with Crippen LogP contribution in [0.3, 0.4) is 0 Å². The van der Waals surface area contributed by atoms with Gasteiger partial charge < -0.3 is 9.88 Å². The van der Waals surface area contributed by atoms with E-state index in [4.69, 9.17) is 11.6 Å². The van der Waals surface area contributed by atoms with E-state index in [2.05, 4.69) is 19.8 Å². The topological polar surface area (TPSA) is 52.2 Å².